The van der Waals surface area contributed by atoms with E-state index in [0.717, 1.165) is 15.9 Å². The van der Waals surface area contributed by atoms with Crippen LogP contribution in [0.5, 0.6) is 11.5 Å². The monoisotopic (exact) mass is 407 g/mol. The summed E-state index contributed by atoms with van der Waals surface area (Å²) in [5.41, 5.74) is 1.73. The Hall–Kier alpha value is -3.32. The van der Waals surface area contributed by atoms with Crippen molar-refractivity contribution in [3.05, 3.63) is 76.7 Å². The van der Waals surface area contributed by atoms with Gasteiger partial charge in [0.15, 0.2) is 11.5 Å². The van der Waals surface area contributed by atoms with Gasteiger partial charge in [-0.25, -0.2) is 4.98 Å². The van der Waals surface area contributed by atoms with Gasteiger partial charge >= 0.3 is 0 Å². The lowest BCUT2D eigenvalue weighted by Crippen LogP contribution is -2.27. The Kier molecular flexibility index (Phi) is 5.76. The number of amides is 1. The van der Waals surface area contributed by atoms with E-state index >= 15 is 0 Å². The Labute approximate surface area is 172 Å². The summed E-state index contributed by atoms with van der Waals surface area (Å²) in [6.45, 7) is 0.930. The van der Waals surface area contributed by atoms with E-state index in [2.05, 4.69) is 10.3 Å². The number of methoxy groups -OCH3 is 1. The van der Waals surface area contributed by atoms with E-state index in [-0.39, 0.29) is 19.1 Å². The standard InChI is InChI=1S/C22H21N3O3S/c1-27-19-10-4-5-11-20(19)28-15-21-24-17-8-2-3-9-18(17)25(21)14-22(26)23-13-16-7-6-12-29-16/h2-12H,13-15H2,1H3,(H,23,26). The first kappa shape index (κ1) is 19.0. The molecule has 0 fully saturated rings. The maximum absolute atomic E-state index is 12.6. The van der Waals surface area contributed by atoms with Crippen LogP contribution in [0.2, 0.25) is 0 Å². The number of imidazole rings is 1. The second-order valence-corrected chi connectivity index (χ2v) is 7.43. The van der Waals surface area contributed by atoms with E-state index in [9.17, 15) is 4.79 Å². The number of nitrogens with one attached hydrogen (secondary N) is 1. The number of aromatic nitrogens is 2. The van der Waals surface area contributed by atoms with Crippen molar-refractivity contribution >= 4 is 28.3 Å². The van der Waals surface area contributed by atoms with Crippen molar-refractivity contribution in [1.29, 1.82) is 0 Å². The largest absolute Gasteiger partial charge is 0.493 e. The van der Waals surface area contributed by atoms with Gasteiger partial charge in [0.2, 0.25) is 5.91 Å². The minimum Gasteiger partial charge on any atom is -0.493 e. The lowest BCUT2D eigenvalue weighted by atomic mass is 10.3. The number of fused-ring (bicyclic) bond motifs is 1. The summed E-state index contributed by atoms with van der Waals surface area (Å²) in [6, 6.07) is 19.2. The highest BCUT2D eigenvalue weighted by Gasteiger charge is 2.15. The molecule has 0 radical (unpaired) electrons. The van der Waals surface area contributed by atoms with Crippen LogP contribution in [0, 0.1) is 0 Å². The number of carbonyl (C=O) groups is 1. The molecular weight excluding hydrogens is 386 g/mol. The van der Waals surface area contributed by atoms with Crippen LogP contribution in [-0.4, -0.2) is 22.6 Å². The first-order valence-electron chi connectivity index (χ1n) is 9.23. The fourth-order valence-electron chi connectivity index (χ4n) is 3.09. The van der Waals surface area contributed by atoms with Crippen LogP contribution >= 0.6 is 11.3 Å². The summed E-state index contributed by atoms with van der Waals surface area (Å²) in [7, 11) is 1.61. The summed E-state index contributed by atoms with van der Waals surface area (Å²) < 4.78 is 13.2. The molecule has 0 spiro atoms. The molecule has 0 aliphatic rings. The number of benzene rings is 2. The predicted molar refractivity (Wildman–Crippen MR) is 113 cm³/mol. The number of hydrogen-bond donors (Lipinski definition) is 1. The second kappa shape index (κ2) is 8.79. The fraction of sp³-hybridized carbons (Fsp3) is 0.182. The predicted octanol–water partition coefficient (Wildman–Crippen LogP) is 4.00. The van der Waals surface area contributed by atoms with Gasteiger partial charge in [0.25, 0.3) is 0 Å². The van der Waals surface area contributed by atoms with E-state index in [0.29, 0.717) is 23.9 Å². The number of nitrogens with zero attached hydrogens (tertiary/aromatic N) is 2. The molecular formula is C22H21N3O3S. The molecule has 0 atom stereocenters. The van der Waals surface area contributed by atoms with Crippen LogP contribution in [0.1, 0.15) is 10.7 Å². The lowest BCUT2D eigenvalue weighted by Gasteiger charge is -2.12. The molecule has 0 aliphatic carbocycles. The zero-order valence-electron chi connectivity index (χ0n) is 16.0. The van der Waals surface area contributed by atoms with Gasteiger partial charge in [0.1, 0.15) is 19.0 Å². The van der Waals surface area contributed by atoms with Crippen LogP contribution in [0.15, 0.2) is 66.0 Å². The molecule has 2 heterocycles. The third kappa shape index (κ3) is 4.41. The number of para-hydroxylation sites is 4. The first-order chi connectivity index (χ1) is 14.2. The Morgan fingerprint density at radius 1 is 1.07 bits per heavy atom. The first-order valence-corrected chi connectivity index (χ1v) is 10.1. The average molecular weight is 407 g/mol. The van der Waals surface area contributed by atoms with Crippen molar-refractivity contribution in [1.82, 2.24) is 14.9 Å². The Balaban J connectivity index is 1.53. The topological polar surface area (TPSA) is 65.4 Å². The number of carbonyl (C=O) groups excluding carboxylic acids is 1. The van der Waals surface area contributed by atoms with Crippen LogP contribution in [0.4, 0.5) is 0 Å². The molecule has 29 heavy (non-hydrogen) atoms. The maximum atomic E-state index is 12.6. The summed E-state index contributed by atoms with van der Waals surface area (Å²) >= 11 is 1.62. The Bertz CT molecular complexity index is 1110. The van der Waals surface area contributed by atoms with Crippen molar-refractivity contribution < 1.29 is 14.3 Å². The summed E-state index contributed by atoms with van der Waals surface area (Å²) in [4.78, 5) is 18.3. The van der Waals surface area contributed by atoms with Crippen molar-refractivity contribution in [2.24, 2.45) is 0 Å². The minimum atomic E-state index is -0.0694. The molecule has 0 aliphatic heterocycles. The summed E-state index contributed by atoms with van der Waals surface area (Å²) in [5, 5.41) is 4.97. The highest BCUT2D eigenvalue weighted by molar-refractivity contribution is 7.09. The zero-order valence-corrected chi connectivity index (χ0v) is 16.8. The molecule has 1 amide bonds. The number of rotatable bonds is 8. The molecule has 148 valence electrons. The van der Waals surface area contributed by atoms with Crippen molar-refractivity contribution in [2.75, 3.05) is 7.11 Å². The average Bonchev–Trinajstić information content (AvgIpc) is 3.39. The van der Waals surface area contributed by atoms with E-state index in [4.69, 9.17) is 9.47 Å². The fourth-order valence-corrected chi connectivity index (χ4v) is 3.74. The smallest absolute Gasteiger partial charge is 0.240 e. The van der Waals surface area contributed by atoms with Gasteiger partial charge in [-0.3, -0.25) is 4.79 Å². The van der Waals surface area contributed by atoms with Gasteiger partial charge in [0, 0.05) is 4.88 Å². The van der Waals surface area contributed by atoms with Gasteiger partial charge < -0.3 is 19.4 Å². The molecule has 0 saturated heterocycles. The zero-order chi connectivity index (χ0) is 20.1. The van der Waals surface area contributed by atoms with Crippen molar-refractivity contribution in [3.8, 4) is 11.5 Å². The Morgan fingerprint density at radius 2 is 1.86 bits per heavy atom. The number of ether oxygens (including phenoxy) is 2. The third-order valence-corrected chi connectivity index (χ3v) is 5.38. The lowest BCUT2D eigenvalue weighted by molar-refractivity contribution is -0.121. The molecule has 2 aromatic carbocycles. The van der Waals surface area contributed by atoms with Crippen LogP contribution in [0.25, 0.3) is 11.0 Å². The maximum Gasteiger partial charge on any atom is 0.240 e. The minimum absolute atomic E-state index is 0.0694. The molecule has 0 bridgehead atoms. The summed E-state index contributed by atoms with van der Waals surface area (Å²) in [6.07, 6.45) is 0. The summed E-state index contributed by atoms with van der Waals surface area (Å²) in [5.74, 6) is 1.91. The van der Waals surface area contributed by atoms with E-state index in [1.165, 1.54) is 0 Å². The van der Waals surface area contributed by atoms with E-state index < -0.39 is 0 Å². The number of thiophene rings is 1. The quantitative estimate of drug-likeness (QED) is 0.479. The highest BCUT2D eigenvalue weighted by atomic mass is 32.1. The SMILES string of the molecule is COc1ccccc1OCc1nc2ccccc2n1CC(=O)NCc1cccs1. The highest BCUT2D eigenvalue weighted by Crippen LogP contribution is 2.27. The van der Waals surface area contributed by atoms with Crippen LogP contribution in [-0.2, 0) is 24.5 Å². The Morgan fingerprint density at radius 3 is 2.66 bits per heavy atom. The molecule has 0 saturated carbocycles. The van der Waals surface area contributed by atoms with E-state index in [1.54, 1.807) is 18.4 Å². The molecule has 1 N–H and O–H groups in total. The van der Waals surface area contributed by atoms with Crippen molar-refractivity contribution in [2.45, 2.75) is 19.7 Å². The van der Waals surface area contributed by atoms with Gasteiger partial charge in [0.05, 0.1) is 24.7 Å². The third-order valence-electron chi connectivity index (χ3n) is 4.50. The van der Waals surface area contributed by atoms with Gasteiger partial charge in [-0.05, 0) is 35.7 Å². The number of hydrogen-bond acceptors (Lipinski definition) is 5. The van der Waals surface area contributed by atoms with Crippen molar-refractivity contribution in [3.63, 3.8) is 0 Å². The second-order valence-electron chi connectivity index (χ2n) is 6.40. The van der Waals surface area contributed by atoms with Gasteiger partial charge in [-0.2, -0.15) is 0 Å². The molecule has 4 rings (SSSR count). The molecule has 7 heteroatoms. The van der Waals surface area contributed by atoms with Crippen LogP contribution < -0.4 is 14.8 Å². The molecule has 6 nitrogen and oxygen atoms in total. The molecule has 0 unspecified atom stereocenters. The molecule has 2 aromatic heterocycles. The van der Waals surface area contributed by atoms with Gasteiger partial charge in [-0.15, -0.1) is 11.3 Å². The van der Waals surface area contributed by atoms with Gasteiger partial charge in [-0.1, -0.05) is 30.3 Å². The van der Waals surface area contributed by atoms with Crippen LogP contribution in [0.3, 0.4) is 0 Å². The van der Waals surface area contributed by atoms with E-state index in [1.807, 2.05) is 70.6 Å². The molecule has 4 aromatic rings. The normalized spacial score (nSPS) is 10.8.